The maximum atomic E-state index is 11.4. The van der Waals surface area contributed by atoms with Crippen LogP contribution in [0.2, 0.25) is 5.02 Å². The van der Waals surface area contributed by atoms with Crippen molar-refractivity contribution >= 4 is 29.2 Å². The number of primary amides is 1. The number of amides is 1. The molecule has 0 spiro atoms. The van der Waals surface area contributed by atoms with Gasteiger partial charge in [-0.3, -0.25) is 9.59 Å². The Hall–Kier alpha value is -1.75. The Morgan fingerprint density at radius 1 is 1.44 bits per heavy atom. The van der Waals surface area contributed by atoms with Gasteiger partial charge in [-0.25, -0.2) is 0 Å². The number of carboxylic acids is 1. The predicted octanol–water partition coefficient (Wildman–Crippen LogP) is 1.74. The molecular weight excluding hydrogens is 256 g/mol. The fourth-order valence-corrected chi connectivity index (χ4v) is 1.87. The van der Waals surface area contributed by atoms with Gasteiger partial charge in [0.1, 0.15) is 6.54 Å². The van der Waals surface area contributed by atoms with Gasteiger partial charge in [0.25, 0.3) is 5.91 Å². The van der Waals surface area contributed by atoms with E-state index < -0.39 is 11.9 Å². The van der Waals surface area contributed by atoms with Gasteiger partial charge in [-0.1, -0.05) is 18.5 Å². The third-order valence-electron chi connectivity index (χ3n) is 2.38. The van der Waals surface area contributed by atoms with Crippen molar-refractivity contribution in [2.24, 2.45) is 5.73 Å². The highest BCUT2D eigenvalue weighted by Gasteiger charge is 2.16. The zero-order chi connectivity index (χ0) is 13.7. The summed E-state index contributed by atoms with van der Waals surface area (Å²) < 4.78 is 0. The number of carboxylic acid groups (broad SMARTS) is 1. The standard InChI is InChI=1S/C12H15ClN2O3/c1-2-5-15(7-11(16)17)10-4-3-8(13)6-9(10)12(14)18/h3-4,6H,2,5,7H2,1H3,(H2,14,18)(H,16,17). The lowest BCUT2D eigenvalue weighted by Crippen LogP contribution is -2.32. The lowest BCUT2D eigenvalue weighted by atomic mass is 10.1. The summed E-state index contributed by atoms with van der Waals surface area (Å²) in [6.07, 6.45) is 0.758. The lowest BCUT2D eigenvalue weighted by molar-refractivity contribution is -0.135. The highest BCUT2D eigenvalue weighted by molar-refractivity contribution is 6.31. The summed E-state index contributed by atoms with van der Waals surface area (Å²) in [6, 6.07) is 4.67. The van der Waals surface area contributed by atoms with Crippen molar-refractivity contribution in [3.05, 3.63) is 28.8 Å². The molecule has 0 fully saturated rings. The molecule has 1 aromatic rings. The molecule has 0 aromatic heterocycles. The Morgan fingerprint density at radius 2 is 2.11 bits per heavy atom. The molecule has 1 amide bonds. The third-order valence-corrected chi connectivity index (χ3v) is 2.62. The minimum atomic E-state index is -0.964. The second-order valence-electron chi connectivity index (χ2n) is 3.84. The highest BCUT2D eigenvalue weighted by atomic mass is 35.5. The average Bonchev–Trinajstić information content (AvgIpc) is 2.27. The molecule has 5 nitrogen and oxygen atoms in total. The van der Waals surface area contributed by atoms with E-state index in [0.717, 1.165) is 6.42 Å². The van der Waals surface area contributed by atoms with Crippen LogP contribution in [0.4, 0.5) is 5.69 Å². The van der Waals surface area contributed by atoms with E-state index in [-0.39, 0.29) is 12.1 Å². The zero-order valence-electron chi connectivity index (χ0n) is 10.0. The number of carbonyl (C=O) groups excluding carboxylic acids is 1. The van der Waals surface area contributed by atoms with Crippen LogP contribution in [-0.4, -0.2) is 30.1 Å². The van der Waals surface area contributed by atoms with E-state index in [1.165, 1.54) is 6.07 Å². The van der Waals surface area contributed by atoms with Gasteiger partial charge in [0.2, 0.25) is 0 Å². The van der Waals surface area contributed by atoms with Crippen LogP contribution in [0.15, 0.2) is 18.2 Å². The first kappa shape index (κ1) is 14.3. The molecule has 98 valence electrons. The number of anilines is 1. The Labute approximate surface area is 110 Å². The van der Waals surface area contributed by atoms with Crippen molar-refractivity contribution in [3.8, 4) is 0 Å². The molecule has 0 heterocycles. The molecule has 0 saturated heterocycles. The highest BCUT2D eigenvalue weighted by Crippen LogP contribution is 2.24. The van der Waals surface area contributed by atoms with E-state index in [9.17, 15) is 9.59 Å². The van der Waals surface area contributed by atoms with Crippen LogP contribution in [0, 0.1) is 0 Å². The first-order chi connectivity index (χ1) is 8.45. The molecule has 0 atom stereocenters. The van der Waals surface area contributed by atoms with Crippen LogP contribution in [0.25, 0.3) is 0 Å². The van der Waals surface area contributed by atoms with E-state index in [2.05, 4.69) is 0 Å². The summed E-state index contributed by atoms with van der Waals surface area (Å²) in [5.41, 5.74) is 6.01. The molecule has 0 bridgehead atoms. The van der Waals surface area contributed by atoms with E-state index in [1.807, 2.05) is 6.92 Å². The van der Waals surface area contributed by atoms with Gasteiger partial charge in [0, 0.05) is 11.6 Å². The number of benzene rings is 1. The van der Waals surface area contributed by atoms with Crippen LogP contribution in [0.5, 0.6) is 0 Å². The van der Waals surface area contributed by atoms with Gasteiger partial charge >= 0.3 is 5.97 Å². The topological polar surface area (TPSA) is 83.6 Å². The van der Waals surface area contributed by atoms with Crippen molar-refractivity contribution in [2.45, 2.75) is 13.3 Å². The molecule has 0 aliphatic carbocycles. The average molecular weight is 271 g/mol. The SMILES string of the molecule is CCCN(CC(=O)O)c1ccc(Cl)cc1C(N)=O. The molecule has 0 aliphatic rings. The van der Waals surface area contributed by atoms with Crippen LogP contribution in [0.3, 0.4) is 0 Å². The smallest absolute Gasteiger partial charge is 0.323 e. The van der Waals surface area contributed by atoms with E-state index >= 15 is 0 Å². The van der Waals surface area contributed by atoms with Crippen LogP contribution >= 0.6 is 11.6 Å². The molecule has 0 radical (unpaired) electrons. The van der Waals surface area contributed by atoms with Gasteiger partial charge in [0.05, 0.1) is 11.3 Å². The molecule has 0 saturated carbocycles. The van der Waals surface area contributed by atoms with Crippen molar-refractivity contribution in [1.82, 2.24) is 0 Å². The quantitative estimate of drug-likeness (QED) is 0.825. The van der Waals surface area contributed by atoms with Gasteiger partial charge in [0.15, 0.2) is 0 Å². The first-order valence-electron chi connectivity index (χ1n) is 5.51. The minimum absolute atomic E-state index is 0.185. The number of carbonyl (C=O) groups is 2. The molecule has 3 N–H and O–H groups in total. The Bertz CT molecular complexity index is 463. The summed E-state index contributed by atoms with van der Waals surface area (Å²) >= 11 is 5.81. The molecule has 1 aromatic carbocycles. The summed E-state index contributed by atoms with van der Waals surface area (Å²) in [5.74, 6) is -1.59. The van der Waals surface area contributed by atoms with Crippen molar-refractivity contribution in [3.63, 3.8) is 0 Å². The summed E-state index contributed by atoms with van der Waals surface area (Å²) in [7, 11) is 0. The predicted molar refractivity (Wildman–Crippen MR) is 70.1 cm³/mol. The van der Waals surface area contributed by atoms with Crippen molar-refractivity contribution in [1.29, 1.82) is 0 Å². The minimum Gasteiger partial charge on any atom is -0.480 e. The lowest BCUT2D eigenvalue weighted by Gasteiger charge is -2.24. The largest absolute Gasteiger partial charge is 0.480 e. The van der Waals surface area contributed by atoms with E-state index in [4.69, 9.17) is 22.4 Å². The summed E-state index contributed by atoms with van der Waals surface area (Å²) in [4.78, 5) is 23.8. The van der Waals surface area contributed by atoms with Gasteiger partial charge in [-0.2, -0.15) is 0 Å². The number of rotatable bonds is 6. The monoisotopic (exact) mass is 270 g/mol. The molecule has 6 heteroatoms. The number of halogens is 1. The van der Waals surface area contributed by atoms with Crippen molar-refractivity contribution < 1.29 is 14.7 Å². The van der Waals surface area contributed by atoms with Gasteiger partial charge in [-0.05, 0) is 24.6 Å². The summed E-state index contributed by atoms with van der Waals surface area (Å²) in [6.45, 7) is 2.26. The fourth-order valence-electron chi connectivity index (χ4n) is 1.70. The normalized spacial score (nSPS) is 10.1. The van der Waals surface area contributed by atoms with E-state index in [1.54, 1.807) is 17.0 Å². The number of hydrogen-bond acceptors (Lipinski definition) is 3. The molecule has 0 aliphatic heterocycles. The van der Waals surface area contributed by atoms with Crippen LogP contribution in [0.1, 0.15) is 23.7 Å². The summed E-state index contributed by atoms with van der Waals surface area (Å²) in [5, 5.41) is 9.26. The number of nitrogens with two attached hydrogens (primary N) is 1. The fraction of sp³-hybridized carbons (Fsp3) is 0.333. The number of hydrogen-bond donors (Lipinski definition) is 2. The Morgan fingerprint density at radius 3 is 2.61 bits per heavy atom. The van der Waals surface area contributed by atoms with Crippen molar-refractivity contribution in [2.75, 3.05) is 18.0 Å². The Kier molecular flexibility index (Phi) is 4.97. The maximum Gasteiger partial charge on any atom is 0.323 e. The first-order valence-corrected chi connectivity index (χ1v) is 5.89. The van der Waals surface area contributed by atoms with Gasteiger partial charge < -0.3 is 15.7 Å². The molecule has 18 heavy (non-hydrogen) atoms. The van der Waals surface area contributed by atoms with Crippen LogP contribution in [-0.2, 0) is 4.79 Å². The third kappa shape index (κ3) is 3.63. The maximum absolute atomic E-state index is 11.4. The number of nitrogens with zero attached hydrogens (tertiary/aromatic N) is 1. The molecule has 0 unspecified atom stereocenters. The number of aliphatic carboxylic acids is 1. The second-order valence-corrected chi connectivity index (χ2v) is 4.28. The van der Waals surface area contributed by atoms with Crippen LogP contribution < -0.4 is 10.6 Å². The van der Waals surface area contributed by atoms with E-state index in [0.29, 0.717) is 17.3 Å². The van der Waals surface area contributed by atoms with Gasteiger partial charge in [-0.15, -0.1) is 0 Å². The zero-order valence-corrected chi connectivity index (χ0v) is 10.8. The molecular formula is C12H15ClN2O3. The Balaban J connectivity index is 3.17. The second kappa shape index (κ2) is 6.26. The molecule has 1 rings (SSSR count).